The Labute approximate surface area is 169 Å². The Bertz CT molecular complexity index is 332. The van der Waals surface area contributed by atoms with Crippen molar-refractivity contribution in [3.63, 3.8) is 0 Å². The van der Waals surface area contributed by atoms with E-state index in [1.54, 1.807) is 0 Å². The zero-order chi connectivity index (χ0) is 15.7. The van der Waals surface area contributed by atoms with Gasteiger partial charge in [-0.2, -0.15) is 0 Å². The first-order valence-corrected chi connectivity index (χ1v) is 9.87. The number of rotatable bonds is 15. The minimum atomic E-state index is 0. The fourth-order valence-electron chi connectivity index (χ4n) is 3.07. The van der Waals surface area contributed by atoms with Crippen molar-refractivity contribution in [2.24, 2.45) is 0 Å². The molecule has 0 saturated carbocycles. The number of hydrogen-bond acceptors (Lipinski definition) is 0. The van der Waals surface area contributed by atoms with Gasteiger partial charge in [0.2, 0.25) is 0 Å². The van der Waals surface area contributed by atoms with Gasteiger partial charge < -0.3 is 1.43 Å². The van der Waals surface area contributed by atoms with Gasteiger partial charge in [0, 0.05) is 18.6 Å². The molecule has 0 aliphatic rings. The van der Waals surface area contributed by atoms with Gasteiger partial charge in [0.05, 0.1) is 0 Å². The molecule has 0 aliphatic heterocycles. The summed E-state index contributed by atoms with van der Waals surface area (Å²) >= 11 is 0. The Hall–Kier alpha value is 0.150. The standard InChI is InChI=1S/C21H38N.Na.H/c1-2-3-4-5-6-7-8-9-10-11-12-13-14-16-19-22-20-17-15-18-21-22;;/h15,17-18,20-21H,2-14,16,19H2,1H3;;/q2*+1;-1. The second-order valence-electron chi connectivity index (χ2n) is 6.71. The van der Waals surface area contributed by atoms with Crippen molar-refractivity contribution in [1.29, 1.82) is 0 Å². The van der Waals surface area contributed by atoms with Crippen LogP contribution >= 0.6 is 0 Å². The summed E-state index contributed by atoms with van der Waals surface area (Å²) in [4.78, 5) is 0. The van der Waals surface area contributed by atoms with Crippen LogP contribution in [0.4, 0.5) is 0 Å². The minimum Gasteiger partial charge on any atom is -1.00 e. The molecule has 0 aromatic carbocycles. The van der Waals surface area contributed by atoms with E-state index in [2.05, 4.69) is 42.1 Å². The summed E-state index contributed by atoms with van der Waals surface area (Å²) in [6.45, 7) is 3.47. The molecule has 0 aliphatic carbocycles. The molecule has 23 heavy (non-hydrogen) atoms. The van der Waals surface area contributed by atoms with E-state index >= 15 is 0 Å². The van der Waals surface area contributed by atoms with Crippen molar-refractivity contribution in [2.45, 2.75) is 103 Å². The summed E-state index contributed by atoms with van der Waals surface area (Å²) in [5.41, 5.74) is 0. The van der Waals surface area contributed by atoms with Gasteiger partial charge in [-0.05, 0) is 6.42 Å². The van der Waals surface area contributed by atoms with E-state index in [9.17, 15) is 0 Å². The molecule has 0 N–H and O–H groups in total. The van der Waals surface area contributed by atoms with Gasteiger partial charge in [0.1, 0.15) is 6.54 Å². The molecular weight excluding hydrogens is 289 g/mol. The summed E-state index contributed by atoms with van der Waals surface area (Å²) in [5.74, 6) is 0. The normalized spacial score (nSPS) is 10.5. The fourth-order valence-corrected chi connectivity index (χ4v) is 3.07. The van der Waals surface area contributed by atoms with Crippen LogP contribution in [0.25, 0.3) is 0 Å². The van der Waals surface area contributed by atoms with Gasteiger partial charge >= 0.3 is 29.6 Å². The Kier molecular flexibility index (Phi) is 18.6. The number of aromatic nitrogens is 1. The fraction of sp³-hybridized carbons (Fsp3) is 0.762. The van der Waals surface area contributed by atoms with Gasteiger partial charge in [0.25, 0.3) is 0 Å². The third-order valence-electron chi connectivity index (χ3n) is 4.55. The van der Waals surface area contributed by atoms with Gasteiger partial charge in [-0.1, -0.05) is 90.0 Å². The Morgan fingerprint density at radius 1 is 0.565 bits per heavy atom. The summed E-state index contributed by atoms with van der Waals surface area (Å²) in [6, 6.07) is 6.31. The van der Waals surface area contributed by atoms with Crippen LogP contribution in [0.3, 0.4) is 0 Å². The molecule has 0 spiro atoms. The van der Waals surface area contributed by atoms with E-state index in [1.807, 2.05) is 0 Å². The average Bonchev–Trinajstić information content (AvgIpc) is 2.56. The zero-order valence-corrected chi connectivity index (χ0v) is 17.9. The van der Waals surface area contributed by atoms with Crippen LogP contribution in [-0.2, 0) is 6.54 Å². The van der Waals surface area contributed by atoms with Crippen LogP contribution in [0.2, 0.25) is 0 Å². The first kappa shape index (κ1) is 23.1. The van der Waals surface area contributed by atoms with Crippen LogP contribution in [0.15, 0.2) is 30.6 Å². The number of hydrogen-bond donors (Lipinski definition) is 0. The van der Waals surface area contributed by atoms with Gasteiger partial charge in [-0.15, -0.1) is 0 Å². The van der Waals surface area contributed by atoms with Crippen molar-refractivity contribution in [3.8, 4) is 0 Å². The van der Waals surface area contributed by atoms with Crippen LogP contribution in [0, 0.1) is 0 Å². The summed E-state index contributed by atoms with van der Waals surface area (Å²) < 4.78 is 2.29. The monoisotopic (exact) mass is 328 g/mol. The first-order valence-electron chi connectivity index (χ1n) is 9.87. The molecule has 0 radical (unpaired) electrons. The van der Waals surface area contributed by atoms with Crippen LogP contribution in [0.1, 0.15) is 98.2 Å². The van der Waals surface area contributed by atoms with Crippen LogP contribution in [0.5, 0.6) is 0 Å². The maximum Gasteiger partial charge on any atom is 1.00 e. The molecule has 0 amide bonds. The summed E-state index contributed by atoms with van der Waals surface area (Å²) in [6.07, 6.45) is 24.4. The number of nitrogens with zero attached hydrogens (tertiary/aromatic N) is 1. The maximum atomic E-state index is 2.29. The topological polar surface area (TPSA) is 3.88 Å². The quantitative estimate of drug-likeness (QED) is 0.263. The molecule has 0 bridgehead atoms. The number of pyridine rings is 1. The number of unbranched alkanes of at least 4 members (excludes halogenated alkanes) is 13. The molecule has 1 heterocycles. The summed E-state index contributed by atoms with van der Waals surface area (Å²) in [5, 5.41) is 0. The van der Waals surface area contributed by atoms with Gasteiger partial charge in [0.15, 0.2) is 12.4 Å². The van der Waals surface area contributed by atoms with Crippen molar-refractivity contribution in [2.75, 3.05) is 0 Å². The molecule has 0 unspecified atom stereocenters. The van der Waals surface area contributed by atoms with Gasteiger partial charge in [-0.3, -0.25) is 0 Å². The van der Waals surface area contributed by atoms with E-state index in [0.29, 0.717) is 0 Å². The van der Waals surface area contributed by atoms with E-state index in [4.69, 9.17) is 0 Å². The third kappa shape index (κ3) is 15.4. The van der Waals surface area contributed by atoms with Crippen molar-refractivity contribution in [1.82, 2.24) is 0 Å². The largest absolute Gasteiger partial charge is 1.00 e. The van der Waals surface area contributed by atoms with Crippen LogP contribution in [-0.4, -0.2) is 0 Å². The summed E-state index contributed by atoms with van der Waals surface area (Å²) in [7, 11) is 0. The minimum absolute atomic E-state index is 0. The van der Waals surface area contributed by atoms with Crippen molar-refractivity contribution < 1.29 is 35.6 Å². The molecule has 128 valence electrons. The molecule has 1 rings (SSSR count). The van der Waals surface area contributed by atoms with Crippen molar-refractivity contribution in [3.05, 3.63) is 30.6 Å². The zero-order valence-electron chi connectivity index (χ0n) is 16.9. The molecule has 0 saturated heterocycles. The molecular formula is C21H39NNa+. The first-order chi connectivity index (χ1) is 10.9. The average molecular weight is 329 g/mol. The predicted octanol–water partition coefficient (Wildman–Crippen LogP) is 3.57. The molecule has 1 aromatic heterocycles. The molecule has 0 fully saturated rings. The molecule has 2 heteroatoms. The molecule has 1 nitrogen and oxygen atoms in total. The molecule has 1 aromatic rings. The van der Waals surface area contributed by atoms with Crippen LogP contribution < -0.4 is 34.1 Å². The number of aryl methyl sites for hydroxylation is 1. The predicted molar refractivity (Wildman–Crippen MR) is 98.1 cm³/mol. The smallest absolute Gasteiger partial charge is 1.00 e. The Morgan fingerprint density at radius 3 is 1.39 bits per heavy atom. The molecule has 0 atom stereocenters. The van der Waals surface area contributed by atoms with E-state index in [1.165, 1.54) is 96.4 Å². The van der Waals surface area contributed by atoms with Gasteiger partial charge in [-0.25, -0.2) is 4.57 Å². The maximum absolute atomic E-state index is 2.29. The Morgan fingerprint density at radius 2 is 0.957 bits per heavy atom. The third-order valence-corrected chi connectivity index (χ3v) is 4.55. The second-order valence-corrected chi connectivity index (χ2v) is 6.71. The second kappa shape index (κ2) is 18.5. The van der Waals surface area contributed by atoms with Crippen molar-refractivity contribution >= 4 is 0 Å². The van der Waals surface area contributed by atoms with E-state index in [0.717, 1.165) is 0 Å². The Balaban J connectivity index is 0. The van der Waals surface area contributed by atoms with E-state index < -0.39 is 0 Å². The van der Waals surface area contributed by atoms with E-state index in [-0.39, 0.29) is 31.0 Å². The SMILES string of the molecule is CCCCCCCCCCCCCCCC[n+]1ccccc1.[H-].[Na+].